The molecule has 1 unspecified atom stereocenters. The lowest BCUT2D eigenvalue weighted by Crippen LogP contribution is -2.42. The van der Waals surface area contributed by atoms with Crippen LogP contribution >= 0.6 is 0 Å². The zero-order valence-electron chi connectivity index (χ0n) is 14.3. The van der Waals surface area contributed by atoms with Crippen LogP contribution in [0.15, 0.2) is 30.9 Å². The number of carbonyl (C=O) groups excluding carboxylic acids is 1. The first-order valence-corrected chi connectivity index (χ1v) is 8.45. The number of nitrogens with zero attached hydrogens (tertiary/aromatic N) is 4. The van der Waals surface area contributed by atoms with Gasteiger partial charge in [0.05, 0.1) is 23.5 Å². The summed E-state index contributed by atoms with van der Waals surface area (Å²) in [6.45, 7) is 3.01. The number of benzene rings is 1. The molecule has 1 atom stereocenters. The summed E-state index contributed by atoms with van der Waals surface area (Å²) in [7, 11) is 0. The number of anilines is 1. The van der Waals surface area contributed by atoms with Crippen LogP contribution in [0, 0.1) is 0 Å². The van der Waals surface area contributed by atoms with Crippen molar-refractivity contribution in [2.75, 3.05) is 18.4 Å². The number of carbonyl (C=O) groups is 1. The Balaban J connectivity index is 1.83. The molecule has 0 radical (unpaired) electrons. The molecule has 1 amide bonds. The Labute approximate surface area is 149 Å². The van der Waals surface area contributed by atoms with E-state index < -0.39 is 11.7 Å². The van der Waals surface area contributed by atoms with Crippen LogP contribution in [0.1, 0.15) is 31.7 Å². The molecule has 2 heterocycles. The van der Waals surface area contributed by atoms with Crippen LogP contribution in [0.2, 0.25) is 0 Å². The normalized spacial score (nSPS) is 18.7. The second-order valence-electron chi connectivity index (χ2n) is 6.43. The molecular formula is C17H20F3N5O. The summed E-state index contributed by atoms with van der Waals surface area (Å²) in [5.41, 5.74) is -0.446. The third-order valence-electron chi connectivity index (χ3n) is 4.55. The van der Waals surface area contributed by atoms with Gasteiger partial charge in [0.25, 0.3) is 0 Å². The molecule has 1 N–H and O–H groups in total. The maximum atomic E-state index is 13.0. The number of nitrogens with one attached hydrogen (secondary N) is 1. The van der Waals surface area contributed by atoms with Gasteiger partial charge in [0.1, 0.15) is 12.7 Å². The molecule has 1 saturated heterocycles. The molecule has 0 bridgehead atoms. The SMILES string of the molecule is CC1CCCCN1CC(=O)Nc1cc(C(F)(F)F)ccc1-n1cncn1. The summed E-state index contributed by atoms with van der Waals surface area (Å²) >= 11 is 0. The Kier molecular flexibility index (Phi) is 5.26. The summed E-state index contributed by atoms with van der Waals surface area (Å²) in [6.07, 6.45) is 1.31. The quantitative estimate of drug-likeness (QED) is 0.902. The van der Waals surface area contributed by atoms with Gasteiger partial charge >= 0.3 is 6.18 Å². The minimum absolute atomic E-state index is 0.0555. The van der Waals surface area contributed by atoms with E-state index >= 15 is 0 Å². The number of piperidine rings is 1. The first-order chi connectivity index (χ1) is 12.3. The van der Waals surface area contributed by atoms with E-state index in [4.69, 9.17) is 0 Å². The second-order valence-corrected chi connectivity index (χ2v) is 6.43. The average Bonchev–Trinajstić information content (AvgIpc) is 3.10. The zero-order valence-corrected chi connectivity index (χ0v) is 14.3. The number of halogens is 3. The molecule has 2 aromatic rings. The van der Waals surface area contributed by atoms with Crippen molar-refractivity contribution in [2.45, 2.75) is 38.4 Å². The van der Waals surface area contributed by atoms with E-state index in [1.54, 1.807) is 0 Å². The minimum atomic E-state index is -4.50. The Bertz CT molecular complexity index is 760. The van der Waals surface area contributed by atoms with Gasteiger partial charge in [-0.2, -0.15) is 18.3 Å². The molecule has 6 nitrogen and oxygen atoms in total. The topological polar surface area (TPSA) is 63.1 Å². The van der Waals surface area contributed by atoms with E-state index in [1.165, 1.54) is 23.4 Å². The summed E-state index contributed by atoms with van der Waals surface area (Å²) in [6, 6.07) is 3.44. The highest BCUT2D eigenvalue weighted by Gasteiger charge is 2.31. The van der Waals surface area contributed by atoms with Gasteiger partial charge in [-0.25, -0.2) is 9.67 Å². The Hall–Kier alpha value is -2.42. The molecule has 3 rings (SSSR count). The van der Waals surface area contributed by atoms with Crippen LogP contribution in [0.4, 0.5) is 18.9 Å². The van der Waals surface area contributed by atoms with Gasteiger partial charge in [-0.05, 0) is 44.5 Å². The molecule has 0 aliphatic carbocycles. The lowest BCUT2D eigenvalue weighted by molar-refractivity contribution is -0.137. The summed E-state index contributed by atoms with van der Waals surface area (Å²) in [5.74, 6) is -0.348. The van der Waals surface area contributed by atoms with Gasteiger partial charge < -0.3 is 5.32 Å². The summed E-state index contributed by atoms with van der Waals surface area (Å²) < 4.78 is 40.5. The average molecular weight is 367 g/mol. The van der Waals surface area contributed by atoms with E-state index in [0.29, 0.717) is 5.69 Å². The number of amides is 1. The molecule has 1 aliphatic heterocycles. The predicted octanol–water partition coefficient (Wildman–Crippen LogP) is 3.10. The fraction of sp³-hybridized carbons (Fsp3) is 0.471. The first-order valence-electron chi connectivity index (χ1n) is 8.45. The molecule has 9 heteroatoms. The van der Waals surface area contributed by atoms with Gasteiger partial charge in [0, 0.05) is 6.04 Å². The molecule has 0 saturated carbocycles. The van der Waals surface area contributed by atoms with Crippen molar-refractivity contribution >= 4 is 11.6 Å². The number of alkyl halides is 3. The van der Waals surface area contributed by atoms with Crippen molar-refractivity contribution in [3.63, 3.8) is 0 Å². The third-order valence-corrected chi connectivity index (χ3v) is 4.55. The molecule has 1 fully saturated rings. The van der Waals surface area contributed by atoms with Gasteiger partial charge in [0.15, 0.2) is 0 Å². The minimum Gasteiger partial charge on any atom is -0.323 e. The molecule has 1 aromatic heterocycles. The fourth-order valence-corrected chi connectivity index (χ4v) is 3.11. The highest BCUT2D eigenvalue weighted by molar-refractivity contribution is 5.94. The van der Waals surface area contributed by atoms with Gasteiger partial charge in [-0.3, -0.25) is 9.69 Å². The Morgan fingerprint density at radius 2 is 2.15 bits per heavy atom. The largest absolute Gasteiger partial charge is 0.416 e. The van der Waals surface area contributed by atoms with Crippen molar-refractivity contribution in [1.82, 2.24) is 19.7 Å². The number of likely N-dealkylation sites (tertiary alicyclic amines) is 1. The maximum Gasteiger partial charge on any atom is 0.416 e. The standard InChI is InChI=1S/C17H20F3N5O/c1-12-4-2-3-7-24(12)9-16(26)23-14-8-13(17(18,19)20)5-6-15(14)25-11-21-10-22-25/h5-6,8,10-12H,2-4,7,9H2,1H3,(H,23,26). The lowest BCUT2D eigenvalue weighted by Gasteiger charge is -2.32. The predicted molar refractivity (Wildman–Crippen MR) is 89.9 cm³/mol. The molecule has 26 heavy (non-hydrogen) atoms. The highest BCUT2D eigenvalue weighted by Crippen LogP contribution is 2.33. The van der Waals surface area contributed by atoms with Crippen LogP contribution in [-0.2, 0) is 11.0 Å². The molecule has 1 aliphatic rings. The molecule has 140 valence electrons. The fourth-order valence-electron chi connectivity index (χ4n) is 3.11. The van der Waals surface area contributed by atoms with E-state index in [2.05, 4.69) is 22.3 Å². The second kappa shape index (κ2) is 7.45. The van der Waals surface area contributed by atoms with Crippen molar-refractivity contribution in [1.29, 1.82) is 0 Å². The van der Waals surface area contributed by atoms with Crippen LogP contribution in [0.25, 0.3) is 5.69 Å². The van der Waals surface area contributed by atoms with E-state index in [0.717, 1.165) is 37.9 Å². The van der Waals surface area contributed by atoms with Crippen LogP contribution in [0.3, 0.4) is 0 Å². The van der Waals surface area contributed by atoms with Gasteiger partial charge in [0.2, 0.25) is 5.91 Å². The highest BCUT2D eigenvalue weighted by atomic mass is 19.4. The van der Waals surface area contributed by atoms with E-state index in [-0.39, 0.29) is 24.2 Å². The van der Waals surface area contributed by atoms with Crippen molar-refractivity contribution in [2.24, 2.45) is 0 Å². The van der Waals surface area contributed by atoms with Crippen LogP contribution in [-0.4, -0.2) is 44.7 Å². The molecule has 1 aromatic carbocycles. The van der Waals surface area contributed by atoms with Crippen molar-refractivity contribution < 1.29 is 18.0 Å². The van der Waals surface area contributed by atoms with E-state index in [1.807, 2.05) is 4.90 Å². The van der Waals surface area contributed by atoms with Crippen LogP contribution in [0.5, 0.6) is 0 Å². The van der Waals surface area contributed by atoms with Crippen LogP contribution < -0.4 is 5.32 Å². The number of aromatic nitrogens is 3. The number of hydrogen-bond acceptors (Lipinski definition) is 4. The van der Waals surface area contributed by atoms with Gasteiger partial charge in [-0.1, -0.05) is 6.42 Å². The zero-order chi connectivity index (χ0) is 18.7. The Morgan fingerprint density at radius 1 is 1.35 bits per heavy atom. The molecule has 0 spiro atoms. The van der Waals surface area contributed by atoms with Gasteiger partial charge in [-0.15, -0.1) is 0 Å². The third kappa shape index (κ3) is 4.21. The monoisotopic (exact) mass is 367 g/mol. The summed E-state index contributed by atoms with van der Waals surface area (Å²) in [5, 5.41) is 6.55. The van der Waals surface area contributed by atoms with Crippen molar-refractivity contribution in [3.8, 4) is 5.69 Å². The lowest BCUT2D eigenvalue weighted by atomic mass is 10.0. The van der Waals surface area contributed by atoms with Crippen molar-refractivity contribution in [3.05, 3.63) is 36.4 Å². The summed E-state index contributed by atoms with van der Waals surface area (Å²) in [4.78, 5) is 18.3. The Morgan fingerprint density at radius 3 is 2.81 bits per heavy atom. The smallest absolute Gasteiger partial charge is 0.323 e. The number of hydrogen-bond donors (Lipinski definition) is 1. The molecular weight excluding hydrogens is 347 g/mol. The first kappa shape index (κ1) is 18.4. The maximum absolute atomic E-state index is 13.0. The number of rotatable bonds is 4. The van der Waals surface area contributed by atoms with E-state index in [9.17, 15) is 18.0 Å².